The highest BCUT2D eigenvalue weighted by Crippen LogP contribution is 2.25. The van der Waals surface area contributed by atoms with Gasteiger partial charge in [-0.1, -0.05) is 12.1 Å². The molecule has 0 aliphatic rings. The van der Waals surface area contributed by atoms with Gasteiger partial charge in [-0.05, 0) is 31.0 Å². The lowest BCUT2D eigenvalue weighted by Gasteiger charge is -2.14. The quantitative estimate of drug-likeness (QED) is 0.776. The number of amides is 2. The van der Waals surface area contributed by atoms with Crippen molar-refractivity contribution in [1.82, 2.24) is 5.32 Å². The first kappa shape index (κ1) is 19.2. The Hall–Kier alpha value is -3.09. The van der Waals surface area contributed by atoms with E-state index in [2.05, 4.69) is 10.6 Å². The van der Waals surface area contributed by atoms with Crippen LogP contribution in [0.3, 0.4) is 0 Å². The number of nitrogens with one attached hydrogen (secondary N) is 2. The number of carbonyl (C=O) groups excluding carboxylic acids is 2. The topological polar surface area (TPSA) is 76.7 Å². The number of anilines is 1. The lowest BCUT2D eigenvalue weighted by molar-refractivity contribution is -0.136. The molecule has 2 amide bonds. The van der Waals surface area contributed by atoms with Crippen LogP contribution < -0.4 is 20.1 Å². The molecule has 0 spiro atoms. The summed E-state index contributed by atoms with van der Waals surface area (Å²) in [5.41, 5.74) is 1.24. The molecule has 0 bridgehead atoms. The van der Waals surface area contributed by atoms with Crippen LogP contribution in [0.5, 0.6) is 11.5 Å². The van der Waals surface area contributed by atoms with E-state index in [0.717, 1.165) is 5.56 Å². The van der Waals surface area contributed by atoms with Gasteiger partial charge < -0.3 is 20.1 Å². The minimum absolute atomic E-state index is 0.293. The van der Waals surface area contributed by atoms with Crippen molar-refractivity contribution in [2.45, 2.75) is 19.4 Å². The molecule has 1 atom stereocenters. The number of halogens is 1. The van der Waals surface area contributed by atoms with Crippen LogP contribution in [0, 0.1) is 5.82 Å². The first-order valence-corrected chi connectivity index (χ1v) is 8.00. The van der Waals surface area contributed by atoms with Gasteiger partial charge in [0.2, 0.25) is 0 Å². The van der Waals surface area contributed by atoms with Crippen molar-refractivity contribution in [1.29, 1.82) is 0 Å². The van der Waals surface area contributed by atoms with E-state index in [1.54, 1.807) is 37.3 Å². The van der Waals surface area contributed by atoms with Crippen LogP contribution in [-0.4, -0.2) is 32.1 Å². The summed E-state index contributed by atoms with van der Waals surface area (Å²) >= 11 is 0. The number of methoxy groups -OCH3 is 2. The largest absolute Gasteiger partial charge is 0.497 e. The summed E-state index contributed by atoms with van der Waals surface area (Å²) in [7, 11) is 2.98. The van der Waals surface area contributed by atoms with Gasteiger partial charge in [0.05, 0.1) is 14.2 Å². The second-order valence-electron chi connectivity index (χ2n) is 5.76. The van der Waals surface area contributed by atoms with Gasteiger partial charge in [-0.3, -0.25) is 9.59 Å². The molecule has 0 saturated carbocycles. The van der Waals surface area contributed by atoms with Crippen molar-refractivity contribution >= 4 is 17.5 Å². The van der Waals surface area contributed by atoms with Crippen molar-refractivity contribution in [3.63, 3.8) is 0 Å². The molecule has 0 saturated heterocycles. The van der Waals surface area contributed by atoms with E-state index in [9.17, 15) is 14.0 Å². The van der Waals surface area contributed by atoms with Gasteiger partial charge in [0.15, 0.2) is 0 Å². The maximum absolute atomic E-state index is 12.9. The van der Waals surface area contributed by atoms with E-state index in [1.807, 2.05) is 0 Å². The zero-order valence-corrected chi connectivity index (χ0v) is 14.8. The van der Waals surface area contributed by atoms with Crippen LogP contribution in [0.2, 0.25) is 0 Å². The average Bonchev–Trinajstić information content (AvgIpc) is 2.63. The molecule has 0 fully saturated rings. The number of rotatable bonds is 6. The van der Waals surface area contributed by atoms with E-state index in [-0.39, 0.29) is 11.9 Å². The third-order valence-electron chi connectivity index (χ3n) is 3.65. The third-order valence-corrected chi connectivity index (χ3v) is 3.65. The molecule has 1 unspecified atom stereocenters. The molecule has 138 valence electrons. The van der Waals surface area contributed by atoms with Crippen molar-refractivity contribution in [3.05, 3.63) is 53.8 Å². The van der Waals surface area contributed by atoms with Gasteiger partial charge in [0.25, 0.3) is 0 Å². The fraction of sp³-hybridized carbons (Fsp3) is 0.263. The lowest BCUT2D eigenvalue weighted by Crippen LogP contribution is -2.41. The first-order valence-electron chi connectivity index (χ1n) is 8.00. The van der Waals surface area contributed by atoms with Crippen LogP contribution in [0.1, 0.15) is 12.5 Å². The fourth-order valence-electron chi connectivity index (χ4n) is 2.38. The molecule has 2 N–H and O–H groups in total. The normalized spacial score (nSPS) is 11.4. The molecule has 0 radical (unpaired) electrons. The highest BCUT2D eigenvalue weighted by Gasteiger charge is 2.17. The molecule has 0 heterocycles. The summed E-state index contributed by atoms with van der Waals surface area (Å²) in [4.78, 5) is 24.2. The smallest absolute Gasteiger partial charge is 0.313 e. The van der Waals surface area contributed by atoms with Crippen LogP contribution in [0.4, 0.5) is 10.1 Å². The van der Waals surface area contributed by atoms with Gasteiger partial charge in [0, 0.05) is 29.9 Å². The SMILES string of the molecule is COc1cc(NC(=O)C(=O)NC(C)Cc2ccc(F)cc2)cc(OC)c1. The highest BCUT2D eigenvalue weighted by atomic mass is 19.1. The van der Waals surface area contributed by atoms with Crippen molar-refractivity contribution < 1.29 is 23.5 Å². The average molecular weight is 360 g/mol. The monoisotopic (exact) mass is 360 g/mol. The molecule has 0 aliphatic carbocycles. The van der Waals surface area contributed by atoms with Crippen LogP contribution in [-0.2, 0) is 16.0 Å². The molecule has 0 aliphatic heterocycles. The molecular weight excluding hydrogens is 339 g/mol. The number of hydrogen-bond donors (Lipinski definition) is 2. The van der Waals surface area contributed by atoms with E-state index < -0.39 is 11.8 Å². The Morgan fingerprint density at radius 2 is 1.58 bits per heavy atom. The molecular formula is C19H21FN2O4. The van der Waals surface area contributed by atoms with E-state index in [4.69, 9.17) is 9.47 Å². The first-order chi connectivity index (χ1) is 12.4. The fourth-order valence-corrected chi connectivity index (χ4v) is 2.38. The summed E-state index contributed by atoms with van der Waals surface area (Å²) < 4.78 is 23.2. The predicted octanol–water partition coefficient (Wildman–Crippen LogP) is 2.53. The van der Waals surface area contributed by atoms with Gasteiger partial charge >= 0.3 is 11.8 Å². The Kier molecular flexibility index (Phi) is 6.54. The van der Waals surface area contributed by atoms with E-state index in [0.29, 0.717) is 23.6 Å². The van der Waals surface area contributed by atoms with Crippen LogP contribution >= 0.6 is 0 Å². The molecule has 7 heteroatoms. The Balaban J connectivity index is 1.94. The zero-order chi connectivity index (χ0) is 19.1. The Labute approximate surface area is 151 Å². The molecule has 2 aromatic rings. The van der Waals surface area contributed by atoms with Crippen molar-refractivity contribution in [2.75, 3.05) is 19.5 Å². The molecule has 6 nitrogen and oxygen atoms in total. The minimum atomic E-state index is -0.800. The maximum atomic E-state index is 12.9. The van der Waals surface area contributed by atoms with E-state index >= 15 is 0 Å². The highest BCUT2D eigenvalue weighted by molar-refractivity contribution is 6.39. The Morgan fingerprint density at radius 3 is 2.12 bits per heavy atom. The van der Waals surface area contributed by atoms with Gasteiger partial charge in [0.1, 0.15) is 17.3 Å². The number of hydrogen-bond acceptors (Lipinski definition) is 4. The summed E-state index contributed by atoms with van der Waals surface area (Å²) in [5, 5.41) is 5.12. The molecule has 0 aromatic heterocycles. The van der Waals surface area contributed by atoms with Crippen LogP contribution in [0.15, 0.2) is 42.5 Å². The van der Waals surface area contributed by atoms with Crippen molar-refractivity contribution in [2.24, 2.45) is 0 Å². The van der Waals surface area contributed by atoms with Gasteiger partial charge in [-0.2, -0.15) is 0 Å². The summed E-state index contributed by atoms with van der Waals surface area (Å²) in [6, 6.07) is 10.5. The standard InChI is InChI=1S/C19H21FN2O4/c1-12(8-13-4-6-14(20)7-5-13)21-18(23)19(24)22-15-9-16(25-2)11-17(10-15)26-3/h4-7,9-12H,8H2,1-3H3,(H,21,23)(H,22,24). The van der Waals surface area contributed by atoms with Crippen molar-refractivity contribution in [3.8, 4) is 11.5 Å². The second-order valence-corrected chi connectivity index (χ2v) is 5.76. The van der Waals surface area contributed by atoms with Gasteiger partial charge in [-0.15, -0.1) is 0 Å². The number of carbonyl (C=O) groups is 2. The van der Waals surface area contributed by atoms with E-state index in [1.165, 1.54) is 26.4 Å². The Morgan fingerprint density at radius 1 is 1.00 bits per heavy atom. The summed E-state index contributed by atoms with van der Waals surface area (Å²) in [6.07, 6.45) is 0.478. The van der Waals surface area contributed by atoms with Gasteiger partial charge in [-0.25, -0.2) is 4.39 Å². The van der Waals surface area contributed by atoms with Crippen LogP contribution in [0.25, 0.3) is 0 Å². The summed E-state index contributed by atoms with van der Waals surface area (Å²) in [5.74, 6) is -0.902. The zero-order valence-electron chi connectivity index (χ0n) is 14.8. The third kappa shape index (κ3) is 5.47. The predicted molar refractivity (Wildman–Crippen MR) is 95.9 cm³/mol. The second kappa shape index (κ2) is 8.84. The number of ether oxygens (including phenoxy) is 2. The molecule has 26 heavy (non-hydrogen) atoms. The Bertz CT molecular complexity index is 755. The minimum Gasteiger partial charge on any atom is -0.497 e. The number of benzene rings is 2. The molecule has 2 rings (SSSR count). The molecule has 2 aromatic carbocycles. The lowest BCUT2D eigenvalue weighted by atomic mass is 10.1. The maximum Gasteiger partial charge on any atom is 0.313 e. The summed E-state index contributed by atoms with van der Waals surface area (Å²) in [6.45, 7) is 1.77.